The van der Waals surface area contributed by atoms with Gasteiger partial charge in [-0.05, 0) is 35.7 Å². The molecule has 0 aliphatic rings. The first-order valence-corrected chi connectivity index (χ1v) is 8.96. The molecule has 0 fully saturated rings. The zero-order valence-corrected chi connectivity index (χ0v) is 15.3. The normalized spacial score (nSPS) is 12.0. The quantitative estimate of drug-likeness (QED) is 0.581. The SMILES string of the molecule is Cn1c(=O)oc2cc(NC(=O)C(Cc3cccnc3)c3ccccc3)ccc21. The molecular weight excluding hydrogens is 354 g/mol. The van der Waals surface area contributed by atoms with E-state index in [0.717, 1.165) is 11.1 Å². The highest BCUT2D eigenvalue weighted by Crippen LogP contribution is 2.24. The number of nitrogens with zero attached hydrogens (tertiary/aromatic N) is 2. The molecule has 4 rings (SSSR count). The monoisotopic (exact) mass is 373 g/mol. The lowest BCUT2D eigenvalue weighted by Gasteiger charge is -2.17. The number of aromatic nitrogens is 2. The van der Waals surface area contributed by atoms with Gasteiger partial charge in [-0.15, -0.1) is 0 Å². The van der Waals surface area contributed by atoms with E-state index in [4.69, 9.17) is 4.42 Å². The lowest BCUT2D eigenvalue weighted by Crippen LogP contribution is -2.23. The minimum absolute atomic E-state index is 0.132. The van der Waals surface area contributed by atoms with Gasteiger partial charge in [0.2, 0.25) is 5.91 Å². The number of hydrogen-bond donors (Lipinski definition) is 1. The maximum atomic E-state index is 13.1. The minimum Gasteiger partial charge on any atom is -0.408 e. The van der Waals surface area contributed by atoms with Gasteiger partial charge < -0.3 is 9.73 Å². The standard InChI is InChI=1S/C22H19N3O3/c1-25-19-10-9-17(13-20(19)28-22(25)27)24-21(26)18(16-7-3-2-4-8-16)12-15-6-5-11-23-14-15/h2-11,13-14,18H,12H2,1H3,(H,24,26). The van der Waals surface area contributed by atoms with Gasteiger partial charge >= 0.3 is 5.76 Å². The highest BCUT2D eigenvalue weighted by Gasteiger charge is 2.21. The summed E-state index contributed by atoms with van der Waals surface area (Å²) in [7, 11) is 1.64. The molecule has 0 radical (unpaired) electrons. The van der Waals surface area contributed by atoms with Crippen LogP contribution in [0.3, 0.4) is 0 Å². The van der Waals surface area contributed by atoms with Crippen molar-refractivity contribution >= 4 is 22.7 Å². The van der Waals surface area contributed by atoms with E-state index in [1.807, 2.05) is 42.5 Å². The van der Waals surface area contributed by atoms with Crippen molar-refractivity contribution in [1.29, 1.82) is 0 Å². The maximum absolute atomic E-state index is 13.1. The lowest BCUT2D eigenvalue weighted by molar-refractivity contribution is -0.117. The number of pyridine rings is 1. The van der Waals surface area contributed by atoms with Crippen molar-refractivity contribution in [2.24, 2.45) is 7.05 Å². The maximum Gasteiger partial charge on any atom is 0.419 e. The zero-order chi connectivity index (χ0) is 19.5. The Morgan fingerprint density at radius 2 is 1.96 bits per heavy atom. The fourth-order valence-electron chi connectivity index (χ4n) is 3.24. The number of fused-ring (bicyclic) bond motifs is 1. The predicted octanol–water partition coefficient (Wildman–Crippen LogP) is 3.49. The molecule has 6 heteroatoms. The second-order valence-corrected chi connectivity index (χ2v) is 6.63. The highest BCUT2D eigenvalue weighted by atomic mass is 16.4. The third-order valence-electron chi connectivity index (χ3n) is 4.74. The van der Waals surface area contributed by atoms with Crippen molar-refractivity contribution < 1.29 is 9.21 Å². The summed E-state index contributed by atoms with van der Waals surface area (Å²) in [4.78, 5) is 28.9. The fourth-order valence-corrected chi connectivity index (χ4v) is 3.24. The summed E-state index contributed by atoms with van der Waals surface area (Å²) in [6, 6.07) is 18.7. The summed E-state index contributed by atoms with van der Waals surface area (Å²) in [6.45, 7) is 0. The van der Waals surface area contributed by atoms with Crippen molar-refractivity contribution in [3.05, 3.63) is 94.7 Å². The van der Waals surface area contributed by atoms with E-state index >= 15 is 0 Å². The van der Waals surface area contributed by atoms with Crippen LogP contribution in [-0.4, -0.2) is 15.5 Å². The smallest absolute Gasteiger partial charge is 0.408 e. The largest absolute Gasteiger partial charge is 0.419 e. The summed E-state index contributed by atoms with van der Waals surface area (Å²) in [5.74, 6) is -0.936. The van der Waals surface area contributed by atoms with Crippen LogP contribution < -0.4 is 11.1 Å². The van der Waals surface area contributed by atoms with Crippen LogP contribution in [0, 0.1) is 0 Å². The summed E-state index contributed by atoms with van der Waals surface area (Å²) >= 11 is 0. The fraction of sp³-hybridized carbons (Fsp3) is 0.136. The molecule has 28 heavy (non-hydrogen) atoms. The van der Waals surface area contributed by atoms with Gasteiger partial charge in [-0.1, -0.05) is 36.4 Å². The molecule has 2 aromatic carbocycles. The number of rotatable bonds is 5. The molecule has 2 aromatic heterocycles. The number of oxazole rings is 1. The number of carbonyl (C=O) groups excluding carboxylic acids is 1. The number of nitrogens with one attached hydrogen (secondary N) is 1. The second-order valence-electron chi connectivity index (χ2n) is 6.63. The zero-order valence-electron chi connectivity index (χ0n) is 15.3. The second kappa shape index (κ2) is 7.52. The van der Waals surface area contributed by atoms with Crippen molar-refractivity contribution in [3.8, 4) is 0 Å². The number of benzene rings is 2. The Balaban J connectivity index is 1.62. The number of aryl methyl sites for hydroxylation is 1. The van der Waals surface area contributed by atoms with E-state index in [1.54, 1.807) is 37.6 Å². The molecule has 0 aliphatic carbocycles. The van der Waals surface area contributed by atoms with E-state index in [0.29, 0.717) is 23.2 Å². The third kappa shape index (κ3) is 3.57. The summed E-state index contributed by atoms with van der Waals surface area (Å²) in [5.41, 5.74) is 3.61. The number of anilines is 1. The molecule has 0 spiro atoms. The lowest BCUT2D eigenvalue weighted by atomic mass is 9.91. The van der Waals surface area contributed by atoms with Crippen molar-refractivity contribution in [1.82, 2.24) is 9.55 Å². The third-order valence-corrected chi connectivity index (χ3v) is 4.74. The van der Waals surface area contributed by atoms with Gasteiger partial charge in [-0.3, -0.25) is 14.3 Å². The molecule has 1 unspecified atom stereocenters. The minimum atomic E-state index is -0.433. The van der Waals surface area contributed by atoms with Crippen LogP contribution in [0.5, 0.6) is 0 Å². The molecular formula is C22H19N3O3. The average molecular weight is 373 g/mol. The Bertz CT molecular complexity index is 1160. The van der Waals surface area contributed by atoms with Gasteiger partial charge in [0.15, 0.2) is 5.58 Å². The molecule has 2 heterocycles. The Hall–Kier alpha value is -3.67. The molecule has 6 nitrogen and oxygen atoms in total. The Kier molecular flexibility index (Phi) is 4.76. The summed E-state index contributed by atoms with van der Waals surface area (Å²) in [5, 5.41) is 2.95. The van der Waals surface area contributed by atoms with Crippen molar-refractivity contribution in [3.63, 3.8) is 0 Å². The van der Waals surface area contributed by atoms with E-state index in [9.17, 15) is 9.59 Å². The van der Waals surface area contributed by atoms with Crippen LogP contribution >= 0.6 is 0 Å². The molecule has 1 amide bonds. The van der Waals surface area contributed by atoms with Crippen LogP contribution in [0.25, 0.3) is 11.1 Å². The van der Waals surface area contributed by atoms with Gasteiger partial charge in [-0.25, -0.2) is 4.79 Å². The first kappa shape index (κ1) is 17.7. The van der Waals surface area contributed by atoms with Crippen molar-refractivity contribution in [2.75, 3.05) is 5.32 Å². The first-order valence-electron chi connectivity index (χ1n) is 8.96. The van der Waals surface area contributed by atoms with Crippen LogP contribution in [-0.2, 0) is 18.3 Å². The molecule has 0 bridgehead atoms. The average Bonchev–Trinajstić information content (AvgIpc) is 3.00. The topological polar surface area (TPSA) is 77.1 Å². The van der Waals surface area contributed by atoms with Crippen LogP contribution in [0.1, 0.15) is 17.0 Å². The number of carbonyl (C=O) groups is 1. The highest BCUT2D eigenvalue weighted by molar-refractivity contribution is 5.97. The summed E-state index contributed by atoms with van der Waals surface area (Å²) in [6.07, 6.45) is 4.02. The Morgan fingerprint density at radius 1 is 1.14 bits per heavy atom. The predicted molar refractivity (Wildman–Crippen MR) is 107 cm³/mol. The van der Waals surface area contributed by atoms with Crippen LogP contribution in [0.15, 0.2) is 82.3 Å². The van der Waals surface area contributed by atoms with E-state index in [2.05, 4.69) is 10.3 Å². The Labute approximate surface area is 161 Å². The van der Waals surface area contributed by atoms with Gasteiger partial charge in [0, 0.05) is 31.2 Å². The van der Waals surface area contributed by atoms with Gasteiger partial charge in [-0.2, -0.15) is 0 Å². The molecule has 1 N–H and O–H groups in total. The van der Waals surface area contributed by atoms with Crippen LogP contribution in [0.4, 0.5) is 5.69 Å². The first-order chi connectivity index (χ1) is 13.6. The molecule has 0 saturated heterocycles. The summed E-state index contributed by atoms with van der Waals surface area (Å²) < 4.78 is 6.64. The van der Waals surface area contributed by atoms with Gasteiger partial charge in [0.25, 0.3) is 0 Å². The van der Waals surface area contributed by atoms with E-state index < -0.39 is 5.76 Å². The molecule has 0 saturated carbocycles. The van der Waals surface area contributed by atoms with E-state index in [1.165, 1.54) is 4.57 Å². The number of hydrogen-bond acceptors (Lipinski definition) is 4. The number of amides is 1. The molecule has 140 valence electrons. The molecule has 4 aromatic rings. The molecule has 0 aliphatic heterocycles. The van der Waals surface area contributed by atoms with E-state index in [-0.39, 0.29) is 11.8 Å². The Morgan fingerprint density at radius 3 is 2.71 bits per heavy atom. The van der Waals surface area contributed by atoms with Gasteiger partial charge in [0.05, 0.1) is 11.4 Å². The van der Waals surface area contributed by atoms with Crippen molar-refractivity contribution in [2.45, 2.75) is 12.3 Å². The molecule has 1 atom stereocenters. The van der Waals surface area contributed by atoms with Crippen LogP contribution in [0.2, 0.25) is 0 Å². The van der Waals surface area contributed by atoms with Gasteiger partial charge in [0.1, 0.15) is 0 Å².